The van der Waals surface area contributed by atoms with Crippen LogP contribution >= 0.6 is 11.6 Å². The third kappa shape index (κ3) is 4.48. The zero-order valence-electron chi connectivity index (χ0n) is 11.4. The van der Waals surface area contributed by atoms with Gasteiger partial charge < -0.3 is 15.3 Å². The van der Waals surface area contributed by atoms with Gasteiger partial charge in [-0.1, -0.05) is 31.5 Å². The van der Waals surface area contributed by atoms with Gasteiger partial charge in [-0.2, -0.15) is 0 Å². The average molecular weight is 271 g/mol. The smallest absolute Gasteiger partial charge is 0.0642 e. The number of rotatable bonds is 7. The number of hydrogen-bond donors (Lipinski definition) is 2. The van der Waals surface area contributed by atoms with Gasteiger partial charge in [0.2, 0.25) is 0 Å². The van der Waals surface area contributed by atoms with Crippen LogP contribution in [0.3, 0.4) is 0 Å². The highest BCUT2D eigenvalue weighted by Crippen LogP contribution is 2.26. The molecule has 0 aliphatic rings. The quantitative estimate of drug-likeness (QED) is 0.800. The molecule has 0 fully saturated rings. The largest absolute Gasteiger partial charge is 0.395 e. The van der Waals surface area contributed by atoms with Gasteiger partial charge in [0.15, 0.2) is 0 Å². The Kier molecular flexibility index (Phi) is 6.47. The molecule has 0 unspecified atom stereocenters. The lowest BCUT2D eigenvalue weighted by Crippen LogP contribution is -2.26. The van der Waals surface area contributed by atoms with Crippen molar-refractivity contribution in [3.8, 4) is 0 Å². The normalized spacial score (nSPS) is 11.0. The molecule has 1 aromatic rings. The molecule has 0 amide bonds. The molecule has 0 radical (unpaired) electrons. The molecule has 0 spiro atoms. The number of hydrogen-bond acceptors (Lipinski definition) is 3. The first-order valence-corrected chi connectivity index (χ1v) is 6.83. The monoisotopic (exact) mass is 270 g/mol. The van der Waals surface area contributed by atoms with Crippen LogP contribution in [0.15, 0.2) is 18.2 Å². The van der Waals surface area contributed by atoms with Crippen LogP contribution in [0, 0.1) is 0 Å². The summed E-state index contributed by atoms with van der Waals surface area (Å²) in [6.07, 6.45) is 0. The molecule has 0 atom stereocenters. The fourth-order valence-corrected chi connectivity index (χ4v) is 2.13. The predicted molar refractivity (Wildman–Crippen MR) is 78.4 cm³/mol. The molecule has 2 N–H and O–H groups in total. The molecule has 0 aliphatic carbocycles. The number of aliphatic hydroxyl groups is 1. The first-order chi connectivity index (χ1) is 8.58. The highest BCUT2D eigenvalue weighted by atomic mass is 35.5. The molecule has 1 rings (SSSR count). The van der Waals surface area contributed by atoms with Crippen molar-refractivity contribution in [2.75, 3.05) is 24.6 Å². The van der Waals surface area contributed by atoms with E-state index < -0.39 is 0 Å². The molecule has 0 aromatic heterocycles. The summed E-state index contributed by atoms with van der Waals surface area (Å²) in [7, 11) is 0. The van der Waals surface area contributed by atoms with E-state index in [0.29, 0.717) is 12.6 Å². The van der Waals surface area contributed by atoms with E-state index in [2.05, 4.69) is 37.1 Å². The summed E-state index contributed by atoms with van der Waals surface area (Å²) >= 11 is 6.30. The van der Waals surface area contributed by atoms with Gasteiger partial charge in [-0.25, -0.2) is 0 Å². The van der Waals surface area contributed by atoms with Crippen LogP contribution < -0.4 is 10.2 Å². The summed E-state index contributed by atoms with van der Waals surface area (Å²) in [4.78, 5) is 2.07. The van der Waals surface area contributed by atoms with Crippen LogP contribution in [0.25, 0.3) is 0 Å². The van der Waals surface area contributed by atoms with E-state index in [4.69, 9.17) is 16.7 Å². The van der Waals surface area contributed by atoms with E-state index in [9.17, 15) is 0 Å². The maximum atomic E-state index is 9.03. The second-order valence-corrected chi connectivity index (χ2v) is 5.03. The molecule has 0 saturated carbocycles. The zero-order chi connectivity index (χ0) is 13.5. The number of nitrogens with zero attached hydrogens (tertiary/aromatic N) is 1. The van der Waals surface area contributed by atoms with Gasteiger partial charge in [0.1, 0.15) is 0 Å². The zero-order valence-corrected chi connectivity index (χ0v) is 12.2. The SMILES string of the molecule is CCN(CCO)c1ccc(CNC(C)C)cc1Cl. The average Bonchev–Trinajstić information content (AvgIpc) is 2.34. The predicted octanol–water partition coefficient (Wildman–Crippen LogP) is 2.66. The minimum absolute atomic E-state index is 0.140. The van der Waals surface area contributed by atoms with Crippen molar-refractivity contribution in [3.63, 3.8) is 0 Å². The first kappa shape index (κ1) is 15.3. The molecular formula is C14H23ClN2O. The van der Waals surface area contributed by atoms with Crippen molar-refractivity contribution in [2.24, 2.45) is 0 Å². The van der Waals surface area contributed by atoms with Crippen LogP contribution in [-0.4, -0.2) is 30.8 Å². The second kappa shape index (κ2) is 7.62. The molecule has 1 aromatic carbocycles. The second-order valence-electron chi connectivity index (χ2n) is 4.62. The standard InChI is InChI=1S/C14H23ClN2O/c1-4-17(7-8-18)14-6-5-12(9-13(14)15)10-16-11(2)3/h5-6,9,11,16,18H,4,7-8,10H2,1-3H3. The van der Waals surface area contributed by atoms with E-state index in [0.717, 1.165) is 23.8 Å². The minimum Gasteiger partial charge on any atom is -0.395 e. The summed E-state index contributed by atoms with van der Waals surface area (Å²) in [6.45, 7) is 8.71. The summed E-state index contributed by atoms with van der Waals surface area (Å²) in [5.74, 6) is 0. The Morgan fingerprint density at radius 2 is 2.11 bits per heavy atom. The highest BCUT2D eigenvalue weighted by Gasteiger charge is 2.08. The number of nitrogens with one attached hydrogen (secondary N) is 1. The van der Waals surface area contributed by atoms with Gasteiger partial charge in [-0.05, 0) is 24.6 Å². The van der Waals surface area contributed by atoms with Crippen molar-refractivity contribution in [1.82, 2.24) is 5.32 Å². The molecular weight excluding hydrogens is 248 g/mol. The maximum Gasteiger partial charge on any atom is 0.0642 e. The Hall–Kier alpha value is -0.770. The lowest BCUT2D eigenvalue weighted by molar-refractivity contribution is 0.302. The molecule has 0 aliphatic heterocycles. The molecule has 0 heterocycles. The van der Waals surface area contributed by atoms with Gasteiger partial charge in [-0.15, -0.1) is 0 Å². The van der Waals surface area contributed by atoms with Crippen LogP contribution in [-0.2, 0) is 6.54 Å². The van der Waals surface area contributed by atoms with Crippen LogP contribution in [0.2, 0.25) is 5.02 Å². The van der Waals surface area contributed by atoms with Crippen molar-refractivity contribution in [1.29, 1.82) is 0 Å². The number of benzene rings is 1. The fraction of sp³-hybridized carbons (Fsp3) is 0.571. The van der Waals surface area contributed by atoms with E-state index in [1.54, 1.807) is 0 Å². The lowest BCUT2D eigenvalue weighted by Gasteiger charge is -2.23. The van der Waals surface area contributed by atoms with E-state index in [-0.39, 0.29) is 6.61 Å². The Bertz CT molecular complexity index is 369. The van der Waals surface area contributed by atoms with Crippen molar-refractivity contribution < 1.29 is 5.11 Å². The van der Waals surface area contributed by atoms with E-state index in [1.165, 1.54) is 5.56 Å². The van der Waals surface area contributed by atoms with Crippen molar-refractivity contribution in [3.05, 3.63) is 28.8 Å². The van der Waals surface area contributed by atoms with Gasteiger partial charge >= 0.3 is 0 Å². The Morgan fingerprint density at radius 3 is 2.61 bits per heavy atom. The van der Waals surface area contributed by atoms with Gasteiger partial charge in [0.25, 0.3) is 0 Å². The van der Waals surface area contributed by atoms with Crippen molar-refractivity contribution in [2.45, 2.75) is 33.4 Å². The Balaban J connectivity index is 2.78. The fourth-order valence-electron chi connectivity index (χ4n) is 1.81. The summed E-state index contributed by atoms with van der Waals surface area (Å²) < 4.78 is 0. The minimum atomic E-state index is 0.140. The summed E-state index contributed by atoms with van der Waals surface area (Å²) in [5.41, 5.74) is 2.17. The molecule has 102 valence electrons. The lowest BCUT2D eigenvalue weighted by atomic mass is 10.2. The van der Waals surface area contributed by atoms with E-state index in [1.807, 2.05) is 12.1 Å². The first-order valence-electron chi connectivity index (χ1n) is 6.46. The molecule has 18 heavy (non-hydrogen) atoms. The van der Waals surface area contributed by atoms with Crippen LogP contribution in [0.1, 0.15) is 26.3 Å². The Labute approximate surface area is 115 Å². The third-order valence-electron chi connectivity index (χ3n) is 2.82. The van der Waals surface area contributed by atoms with Crippen LogP contribution in [0.5, 0.6) is 0 Å². The summed E-state index contributed by atoms with van der Waals surface area (Å²) in [5, 5.41) is 13.1. The van der Waals surface area contributed by atoms with Gasteiger partial charge in [0, 0.05) is 25.7 Å². The van der Waals surface area contributed by atoms with Gasteiger partial charge in [0.05, 0.1) is 17.3 Å². The number of aliphatic hydroxyl groups excluding tert-OH is 1. The number of likely N-dealkylation sites (N-methyl/N-ethyl adjacent to an activating group) is 1. The molecule has 0 bridgehead atoms. The summed E-state index contributed by atoms with van der Waals surface area (Å²) in [6, 6.07) is 6.56. The molecule has 4 heteroatoms. The van der Waals surface area contributed by atoms with E-state index >= 15 is 0 Å². The topological polar surface area (TPSA) is 35.5 Å². The maximum absolute atomic E-state index is 9.03. The van der Waals surface area contributed by atoms with Gasteiger partial charge in [-0.3, -0.25) is 0 Å². The number of anilines is 1. The third-order valence-corrected chi connectivity index (χ3v) is 3.12. The Morgan fingerprint density at radius 1 is 1.39 bits per heavy atom. The molecule has 3 nitrogen and oxygen atoms in total. The highest BCUT2D eigenvalue weighted by molar-refractivity contribution is 6.33. The van der Waals surface area contributed by atoms with Crippen LogP contribution in [0.4, 0.5) is 5.69 Å². The molecule has 0 saturated heterocycles. The van der Waals surface area contributed by atoms with Crippen molar-refractivity contribution >= 4 is 17.3 Å². The number of halogens is 1.